The van der Waals surface area contributed by atoms with Crippen molar-refractivity contribution in [2.45, 2.75) is 32.2 Å². The number of amides is 1. The van der Waals surface area contributed by atoms with Crippen molar-refractivity contribution in [2.24, 2.45) is 5.92 Å². The maximum Gasteiger partial charge on any atom is 0.273 e. The monoisotopic (exact) mass is 323 g/mol. The molecule has 1 unspecified atom stereocenters. The number of carbonyl (C=O) groups excluding carboxylic acids is 1. The van der Waals surface area contributed by atoms with Crippen molar-refractivity contribution in [2.75, 3.05) is 39.9 Å². The van der Waals surface area contributed by atoms with Crippen molar-refractivity contribution in [3.63, 3.8) is 0 Å². The van der Waals surface area contributed by atoms with E-state index in [2.05, 4.69) is 16.9 Å². The number of rotatable bonds is 4. The van der Waals surface area contributed by atoms with Gasteiger partial charge in [0, 0.05) is 31.7 Å². The van der Waals surface area contributed by atoms with Gasteiger partial charge in [0.15, 0.2) is 0 Å². The lowest BCUT2D eigenvalue weighted by Crippen LogP contribution is -2.72. The Kier molecular flexibility index (Phi) is 4.52. The number of ether oxygens (including phenoxy) is 1. The second-order valence-corrected chi connectivity index (χ2v) is 7.64. The molecule has 0 aromatic carbocycles. The Labute approximate surface area is 136 Å². The number of aryl methyl sites for hydroxylation is 1. The highest BCUT2D eigenvalue weighted by Crippen LogP contribution is 2.38. The molecule has 0 bridgehead atoms. The fourth-order valence-corrected chi connectivity index (χ4v) is 4.22. The number of likely N-dealkylation sites (N-methyl/N-ethyl adjacent to an activating group) is 1. The molecule has 0 radical (unpaired) electrons. The molecule has 3 rings (SSSR count). The molecule has 2 fully saturated rings. The van der Waals surface area contributed by atoms with Gasteiger partial charge < -0.3 is 9.64 Å². The first-order chi connectivity index (χ1) is 10.5. The third-order valence-electron chi connectivity index (χ3n) is 5.00. The molecular formula is C16H25N3O2S. The van der Waals surface area contributed by atoms with E-state index in [9.17, 15) is 4.79 Å². The molecule has 3 heterocycles. The zero-order valence-electron chi connectivity index (χ0n) is 13.7. The number of carbonyl (C=O) groups is 1. The highest BCUT2D eigenvalue weighted by atomic mass is 32.1. The van der Waals surface area contributed by atoms with Crippen LogP contribution in [0, 0.1) is 12.8 Å². The number of hydrogen-bond donors (Lipinski definition) is 0. The van der Waals surface area contributed by atoms with Crippen LogP contribution >= 0.6 is 11.3 Å². The van der Waals surface area contributed by atoms with Gasteiger partial charge in [-0.15, -0.1) is 11.3 Å². The molecule has 6 heteroatoms. The summed E-state index contributed by atoms with van der Waals surface area (Å²) in [6, 6.07) is 0. The van der Waals surface area contributed by atoms with E-state index in [0.717, 1.165) is 44.3 Å². The van der Waals surface area contributed by atoms with Crippen LogP contribution in [-0.4, -0.2) is 66.1 Å². The minimum Gasteiger partial charge on any atom is -0.381 e. The minimum atomic E-state index is 0.0790. The van der Waals surface area contributed by atoms with Crippen molar-refractivity contribution < 1.29 is 9.53 Å². The summed E-state index contributed by atoms with van der Waals surface area (Å²) in [4.78, 5) is 21.1. The van der Waals surface area contributed by atoms with Gasteiger partial charge >= 0.3 is 0 Å². The molecule has 1 aromatic heterocycles. The van der Waals surface area contributed by atoms with Crippen molar-refractivity contribution in [1.82, 2.24) is 14.8 Å². The summed E-state index contributed by atoms with van der Waals surface area (Å²) in [6.45, 7) is 8.35. The highest BCUT2D eigenvalue weighted by Gasteiger charge is 2.51. The number of hydrogen-bond acceptors (Lipinski definition) is 5. The van der Waals surface area contributed by atoms with Gasteiger partial charge in [-0.05, 0) is 46.2 Å². The second-order valence-electron chi connectivity index (χ2n) is 6.58. The van der Waals surface area contributed by atoms with Gasteiger partial charge in [0.05, 0.1) is 10.5 Å². The lowest BCUT2D eigenvalue weighted by atomic mass is 9.75. The van der Waals surface area contributed by atoms with Gasteiger partial charge in [0.1, 0.15) is 5.69 Å². The van der Waals surface area contributed by atoms with E-state index in [-0.39, 0.29) is 11.4 Å². The van der Waals surface area contributed by atoms with Crippen LogP contribution in [0.15, 0.2) is 5.38 Å². The van der Waals surface area contributed by atoms with Crippen LogP contribution < -0.4 is 0 Å². The Balaban J connectivity index is 1.60. The fraction of sp³-hybridized carbons (Fsp3) is 0.750. The van der Waals surface area contributed by atoms with E-state index in [0.29, 0.717) is 11.6 Å². The molecule has 2 saturated heterocycles. The molecule has 0 aliphatic carbocycles. The molecule has 1 atom stereocenters. The van der Waals surface area contributed by atoms with Crippen LogP contribution in [0.25, 0.3) is 0 Å². The summed E-state index contributed by atoms with van der Waals surface area (Å²) in [5.41, 5.74) is 0.752. The average Bonchev–Trinajstić information content (AvgIpc) is 2.90. The Morgan fingerprint density at radius 2 is 2.32 bits per heavy atom. The summed E-state index contributed by atoms with van der Waals surface area (Å²) >= 11 is 1.54. The summed E-state index contributed by atoms with van der Waals surface area (Å²) in [5.74, 6) is 0.699. The van der Waals surface area contributed by atoms with Gasteiger partial charge in [0.25, 0.3) is 5.91 Å². The summed E-state index contributed by atoms with van der Waals surface area (Å²) < 4.78 is 5.61. The Hall–Kier alpha value is -0.980. The van der Waals surface area contributed by atoms with E-state index < -0.39 is 0 Å². The molecular weight excluding hydrogens is 298 g/mol. The first-order valence-corrected chi connectivity index (χ1v) is 8.92. The Bertz CT molecular complexity index is 537. The van der Waals surface area contributed by atoms with Gasteiger partial charge in [-0.2, -0.15) is 0 Å². The smallest absolute Gasteiger partial charge is 0.273 e. The van der Waals surface area contributed by atoms with Crippen LogP contribution in [0.5, 0.6) is 0 Å². The maximum atomic E-state index is 12.5. The predicted octanol–water partition coefficient (Wildman–Crippen LogP) is 2.02. The summed E-state index contributed by atoms with van der Waals surface area (Å²) in [5, 5.41) is 2.82. The van der Waals surface area contributed by atoms with Gasteiger partial charge in [-0.3, -0.25) is 9.69 Å². The van der Waals surface area contributed by atoms with Crippen LogP contribution in [0.4, 0.5) is 0 Å². The molecule has 1 aromatic rings. The molecule has 2 aliphatic heterocycles. The highest BCUT2D eigenvalue weighted by molar-refractivity contribution is 7.09. The molecule has 0 N–H and O–H groups in total. The van der Waals surface area contributed by atoms with Gasteiger partial charge in [-0.25, -0.2) is 4.98 Å². The van der Waals surface area contributed by atoms with E-state index in [4.69, 9.17) is 4.74 Å². The molecule has 2 aliphatic rings. The molecule has 0 saturated carbocycles. The van der Waals surface area contributed by atoms with E-state index in [1.165, 1.54) is 17.8 Å². The number of nitrogens with zero attached hydrogens (tertiary/aromatic N) is 3. The molecule has 1 amide bonds. The molecule has 5 nitrogen and oxygen atoms in total. The number of piperidine rings is 1. The van der Waals surface area contributed by atoms with Crippen molar-refractivity contribution >= 4 is 17.2 Å². The summed E-state index contributed by atoms with van der Waals surface area (Å²) in [6.07, 6.45) is 2.32. The standard InChI is InChI=1S/C16H25N3O2S/c1-4-21-8-13-5-6-18(3)16(7-13)10-19(11-16)15(20)14-9-22-12(2)17-14/h9,13H,4-8,10-11H2,1-3H3. The first-order valence-electron chi connectivity index (χ1n) is 8.04. The lowest BCUT2D eigenvalue weighted by Gasteiger charge is -2.58. The van der Waals surface area contributed by atoms with Crippen LogP contribution in [0.2, 0.25) is 0 Å². The third-order valence-corrected chi connectivity index (χ3v) is 5.78. The number of thiazole rings is 1. The predicted molar refractivity (Wildman–Crippen MR) is 87.3 cm³/mol. The summed E-state index contributed by atoms with van der Waals surface area (Å²) in [7, 11) is 2.19. The zero-order chi connectivity index (χ0) is 15.7. The minimum absolute atomic E-state index is 0.0790. The van der Waals surface area contributed by atoms with Gasteiger partial charge in [-0.1, -0.05) is 0 Å². The van der Waals surface area contributed by atoms with Crippen molar-refractivity contribution in [3.8, 4) is 0 Å². The molecule has 1 spiro atoms. The van der Waals surface area contributed by atoms with Crippen LogP contribution in [0.3, 0.4) is 0 Å². The van der Waals surface area contributed by atoms with E-state index >= 15 is 0 Å². The quantitative estimate of drug-likeness (QED) is 0.850. The first kappa shape index (κ1) is 15.9. The zero-order valence-corrected chi connectivity index (χ0v) is 14.5. The largest absolute Gasteiger partial charge is 0.381 e. The van der Waals surface area contributed by atoms with Crippen molar-refractivity contribution in [3.05, 3.63) is 16.1 Å². The Morgan fingerprint density at radius 3 is 2.95 bits per heavy atom. The Morgan fingerprint density at radius 1 is 1.55 bits per heavy atom. The van der Waals surface area contributed by atoms with Crippen molar-refractivity contribution in [1.29, 1.82) is 0 Å². The number of aromatic nitrogens is 1. The second kappa shape index (κ2) is 6.26. The van der Waals surface area contributed by atoms with E-state index in [1.807, 2.05) is 24.1 Å². The molecule has 122 valence electrons. The average molecular weight is 323 g/mol. The van der Waals surface area contributed by atoms with E-state index in [1.54, 1.807) is 0 Å². The third kappa shape index (κ3) is 2.92. The van der Waals surface area contributed by atoms with Gasteiger partial charge in [0.2, 0.25) is 0 Å². The van der Waals surface area contributed by atoms with Crippen LogP contribution in [-0.2, 0) is 4.74 Å². The SMILES string of the molecule is CCOCC1CCN(C)C2(C1)CN(C(=O)c1csc(C)n1)C2. The molecule has 22 heavy (non-hydrogen) atoms. The normalized spacial score (nSPS) is 24.5. The maximum absolute atomic E-state index is 12.5. The topological polar surface area (TPSA) is 45.7 Å². The van der Waals surface area contributed by atoms with Crippen LogP contribution in [0.1, 0.15) is 35.3 Å². The lowest BCUT2D eigenvalue weighted by molar-refractivity contribution is -0.0752. The number of likely N-dealkylation sites (tertiary alicyclic amines) is 2. The fourth-order valence-electron chi connectivity index (χ4n) is 3.64.